The molecule has 0 unspecified atom stereocenters. The van der Waals surface area contributed by atoms with Gasteiger partial charge in [-0.3, -0.25) is 4.79 Å². The fourth-order valence-electron chi connectivity index (χ4n) is 2.61. The van der Waals surface area contributed by atoms with Crippen LogP contribution < -0.4 is 10.1 Å². The molecule has 29 heavy (non-hydrogen) atoms. The van der Waals surface area contributed by atoms with Crippen molar-refractivity contribution >= 4 is 73.7 Å². The zero-order valence-electron chi connectivity index (χ0n) is 15.2. The Labute approximate surface area is 209 Å². The molecule has 9 heteroatoms. The molecule has 0 radical (unpaired) electrons. The van der Waals surface area contributed by atoms with Crippen LogP contribution in [0, 0.1) is 10.7 Å². The van der Waals surface area contributed by atoms with Gasteiger partial charge in [0.2, 0.25) is 5.91 Å². The van der Waals surface area contributed by atoms with Crippen LogP contribution in [0.5, 0.6) is 17.2 Å². The van der Waals surface area contributed by atoms with Crippen molar-refractivity contribution in [2.75, 3.05) is 6.54 Å². The number of amides is 1. The van der Waals surface area contributed by atoms with Crippen LogP contribution in [0.2, 0.25) is 0 Å². The van der Waals surface area contributed by atoms with Gasteiger partial charge in [-0.05, 0) is 110 Å². The number of rotatable bonds is 8. The minimum Gasteiger partial charge on any atom is -0.507 e. The first-order chi connectivity index (χ1) is 13.9. The van der Waals surface area contributed by atoms with Gasteiger partial charge in [-0.15, -0.1) is 0 Å². The van der Waals surface area contributed by atoms with Crippen molar-refractivity contribution in [2.45, 2.75) is 19.4 Å². The quantitative estimate of drug-likeness (QED) is 0.323. The summed E-state index contributed by atoms with van der Waals surface area (Å²) in [6, 6.07) is 9.25. The second kappa shape index (κ2) is 10.8. The molecule has 0 atom stereocenters. The number of phenolic OH excluding ortho intramolecular Hbond substituents is 1. The Morgan fingerprint density at radius 3 is 2.55 bits per heavy atom. The van der Waals surface area contributed by atoms with Crippen LogP contribution in [-0.4, -0.2) is 27.1 Å². The number of aromatic nitrogens is 2. The van der Waals surface area contributed by atoms with E-state index < -0.39 is 0 Å². The van der Waals surface area contributed by atoms with E-state index in [0.29, 0.717) is 31.7 Å². The molecule has 2 N–H and O–H groups in total. The molecule has 0 aliphatic rings. The van der Waals surface area contributed by atoms with E-state index in [0.717, 1.165) is 22.0 Å². The third-order valence-corrected chi connectivity index (χ3v) is 6.56. The van der Waals surface area contributed by atoms with Gasteiger partial charge in [-0.25, -0.2) is 4.98 Å². The normalized spacial score (nSPS) is 10.7. The number of phenols is 1. The molecular formula is C20H18I3N3O3. The number of halogens is 3. The zero-order chi connectivity index (χ0) is 20.8. The smallest absolute Gasteiger partial charge is 0.220 e. The minimum absolute atomic E-state index is 0.0362. The summed E-state index contributed by atoms with van der Waals surface area (Å²) in [5, 5.41) is 12.6. The van der Waals surface area contributed by atoms with Gasteiger partial charge in [0.25, 0.3) is 0 Å². The molecule has 3 aromatic rings. The number of aryl methyl sites for hydroxylation is 1. The number of carbonyl (C=O) groups is 1. The molecule has 1 amide bonds. The van der Waals surface area contributed by atoms with Crippen LogP contribution in [0.15, 0.2) is 49.1 Å². The average molecular weight is 729 g/mol. The molecular weight excluding hydrogens is 711 g/mol. The summed E-state index contributed by atoms with van der Waals surface area (Å²) in [5.74, 6) is 1.73. The maximum Gasteiger partial charge on any atom is 0.220 e. The standard InChI is InChI=1S/C20H18I3N3O3/c21-15-11-14(2-3-18(15)27)29-20-16(22)9-13(10-17(20)23)1-4-19(28)25-6-8-26-7-5-24-12-26/h2-3,5,7,9-12,27H,1,4,6,8H2,(H,25,28). The third-order valence-electron chi connectivity index (χ3n) is 4.09. The highest BCUT2D eigenvalue weighted by molar-refractivity contribution is 14.1. The predicted molar refractivity (Wildman–Crippen MR) is 136 cm³/mol. The fourth-order valence-corrected chi connectivity index (χ4v) is 5.22. The summed E-state index contributed by atoms with van der Waals surface area (Å²) in [5.41, 5.74) is 1.09. The molecule has 0 aliphatic heterocycles. The summed E-state index contributed by atoms with van der Waals surface area (Å²) in [6.45, 7) is 1.30. The fraction of sp³-hybridized carbons (Fsp3) is 0.200. The van der Waals surface area contributed by atoms with Crippen molar-refractivity contribution in [1.29, 1.82) is 0 Å². The minimum atomic E-state index is 0.0362. The molecule has 3 rings (SSSR count). The number of hydrogen-bond donors (Lipinski definition) is 2. The van der Waals surface area contributed by atoms with Crippen molar-refractivity contribution < 1.29 is 14.6 Å². The van der Waals surface area contributed by atoms with E-state index in [1.54, 1.807) is 30.7 Å². The van der Waals surface area contributed by atoms with Gasteiger partial charge in [-0.1, -0.05) is 0 Å². The van der Waals surface area contributed by atoms with Crippen LogP contribution in [0.4, 0.5) is 0 Å². The second-order valence-electron chi connectivity index (χ2n) is 6.25. The molecule has 6 nitrogen and oxygen atoms in total. The topological polar surface area (TPSA) is 76.4 Å². The Morgan fingerprint density at radius 1 is 1.14 bits per heavy atom. The van der Waals surface area contributed by atoms with Crippen molar-refractivity contribution in [3.8, 4) is 17.2 Å². The highest BCUT2D eigenvalue weighted by Gasteiger charge is 2.12. The van der Waals surface area contributed by atoms with E-state index in [2.05, 4.69) is 78.1 Å². The monoisotopic (exact) mass is 729 g/mol. The number of hydrogen-bond acceptors (Lipinski definition) is 4. The van der Waals surface area contributed by atoms with Gasteiger partial charge in [0, 0.05) is 31.9 Å². The molecule has 0 bridgehead atoms. The maximum absolute atomic E-state index is 12.1. The Balaban J connectivity index is 1.55. The number of nitrogens with zero attached hydrogens (tertiary/aromatic N) is 2. The lowest BCUT2D eigenvalue weighted by Gasteiger charge is -2.13. The van der Waals surface area contributed by atoms with Gasteiger partial charge in [0.15, 0.2) is 5.75 Å². The SMILES string of the molecule is O=C(CCc1cc(I)c(Oc2ccc(O)c(I)c2)c(I)c1)NCCn1ccnc1. The van der Waals surface area contributed by atoms with Crippen molar-refractivity contribution in [3.63, 3.8) is 0 Å². The van der Waals surface area contributed by atoms with E-state index in [4.69, 9.17) is 4.74 Å². The number of nitrogens with one attached hydrogen (secondary N) is 1. The van der Waals surface area contributed by atoms with Gasteiger partial charge < -0.3 is 19.7 Å². The van der Waals surface area contributed by atoms with Crippen molar-refractivity contribution in [2.24, 2.45) is 0 Å². The highest BCUT2D eigenvalue weighted by Crippen LogP contribution is 2.34. The molecule has 0 spiro atoms. The number of imidazole rings is 1. The molecule has 0 saturated carbocycles. The Bertz CT molecular complexity index is 971. The Kier molecular flexibility index (Phi) is 8.41. The lowest BCUT2D eigenvalue weighted by Crippen LogP contribution is -2.27. The molecule has 0 aliphatic carbocycles. The number of carbonyl (C=O) groups excluding carboxylic acids is 1. The van der Waals surface area contributed by atoms with E-state index in [-0.39, 0.29) is 11.7 Å². The summed E-state index contributed by atoms with van der Waals surface area (Å²) >= 11 is 6.57. The lowest BCUT2D eigenvalue weighted by atomic mass is 10.1. The largest absolute Gasteiger partial charge is 0.507 e. The van der Waals surface area contributed by atoms with E-state index in [1.165, 1.54) is 0 Å². The maximum atomic E-state index is 12.1. The molecule has 0 saturated heterocycles. The summed E-state index contributed by atoms with van der Waals surface area (Å²) in [6.07, 6.45) is 6.44. The second-order valence-corrected chi connectivity index (χ2v) is 9.74. The van der Waals surface area contributed by atoms with Crippen molar-refractivity contribution in [3.05, 3.63) is 65.3 Å². The Hall–Kier alpha value is -1.09. The number of ether oxygens (including phenoxy) is 1. The van der Waals surface area contributed by atoms with Crippen LogP contribution in [0.1, 0.15) is 12.0 Å². The average Bonchev–Trinajstić information content (AvgIpc) is 3.19. The van der Waals surface area contributed by atoms with Gasteiger partial charge >= 0.3 is 0 Å². The first-order valence-corrected chi connectivity index (χ1v) is 12.0. The third kappa shape index (κ3) is 6.70. The van der Waals surface area contributed by atoms with Crippen LogP contribution in [0.25, 0.3) is 0 Å². The van der Waals surface area contributed by atoms with Crippen LogP contribution in [0.3, 0.4) is 0 Å². The van der Waals surface area contributed by atoms with E-state index in [9.17, 15) is 9.90 Å². The van der Waals surface area contributed by atoms with Gasteiger partial charge in [0.05, 0.1) is 17.0 Å². The van der Waals surface area contributed by atoms with Crippen LogP contribution in [-0.2, 0) is 17.8 Å². The molecule has 152 valence electrons. The first kappa shape index (κ1) is 22.6. The molecule has 1 aromatic heterocycles. The van der Waals surface area contributed by atoms with E-state index in [1.807, 2.05) is 22.9 Å². The van der Waals surface area contributed by atoms with Gasteiger partial charge in [0.1, 0.15) is 11.5 Å². The highest BCUT2D eigenvalue weighted by atomic mass is 127. The Morgan fingerprint density at radius 2 is 1.90 bits per heavy atom. The zero-order valence-corrected chi connectivity index (χ0v) is 21.7. The molecule has 1 heterocycles. The number of benzene rings is 2. The van der Waals surface area contributed by atoms with Gasteiger partial charge in [-0.2, -0.15) is 0 Å². The number of aromatic hydroxyl groups is 1. The summed E-state index contributed by atoms with van der Waals surface area (Å²) in [4.78, 5) is 16.1. The summed E-state index contributed by atoms with van der Waals surface area (Å²) in [7, 11) is 0. The predicted octanol–water partition coefficient (Wildman–Crippen LogP) is 4.94. The van der Waals surface area contributed by atoms with E-state index >= 15 is 0 Å². The summed E-state index contributed by atoms with van der Waals surface area (Å²) < 4.78 is 10.7. The first-order valence-electron chi connectivity index (χ1n) is 8.79. The lowest BCUT2D eigenvalue weighted by molar-refractivity contribution is -0.121. The van der Waals surface area contributed by atoms with Crippen molar-refractivity contribution in [1.82, 2.24) is 14.9 Å². The van der Waals surface area contributed by atoms with Crippen LogP contribution >= 0.6 is 67.8 Å². The molecule has 0 fully saturated rings. The molecule has 2 aromatic carbocycles.